The highest BCUT2D eigenvalue weighted by atomic mass is 14.5. The molecule has 0 fully saturated rings. The Hall–Kier alpha value is -1.68. The topological polar surface area (TPSA) is 26.0 Å². The van der Waals surface area contributed by atoms with Crippen LogP contribution in [0.3, 0.4) is 0 Å². The predicted octanol–water partition coefficient (Wildman–Crippen LogP) is 1.89. The summed E-state index contributed by atoms with van der Waals surface area (Å²) in [6.45, 7) is 3.62. The van der Waals surface area contributed by atoms with E-state index in [2.05, 4.69) is 12.5 Å². The van der Waals surface area contributed by atoms with Gasteiger partial charge in [0.05, 0.1) is 0 Å². The van der Waals surface area contributed by atoms with Crippen molar-refractivity contribution in [3.05, 3.63) is 35.9 Å². The molecule has 0 aliphatic carbocycles. The van der Waals surface area contributed by atoms with Gasteiger partial charge in [0.2, 0.25) is 0 Å². The molecule has 1 nitrogen and oxygen atoms in total. The molecule has 0 unspecified atom stereocenters. The smallest absolute Gasteiger partial charge is 0.0388 e. The van der Waals surface area contributed by atoms with Gasteiger partial charge < -0.3 is 5.73 Å². The molecular formula is C10H9N. The number of hydrogen-bond donors (Lipinski definition) is 1. The van der Waals surface area contributed by atoms with E-state index in [9.17, 15) is 0 Å². The van der Waals surface area contributed by atoms with E-state index in [0.717, 1.165) is 11.1 Å². The van der Waals surface area contributed by atoms with E-state index in [1.807, 2.05) is 12.1 Å². The summed E-state index contributed by atoms with van der Waals surface area (Å²) in [4.78, 5) is 0. The Labute approximate surface area is 66.5 Å². The monoisotopic (exact) mass is 143 g/mol. The van der Waals surface area contributed by atoms with Crippen molar-refractivity contribution >= 4 is 11.8 Å². The van der Waals surface area contributed by atoms with Crippen LogP contribution >= 0.6 is 0 Å². The number of nitrogens with two attached hydrogens (primary N) is 1. The van der Waals surface area contributed by atoms with E-state index in [4.69, 9.17) is 12.2 Å². The molecule has 0 aliphatic rings. The van der Waals surface area contributed by atoms with Crippen LogP contribution in [-0.4, -0.2) is 0 Å². The third-order valence-electron chi connectivity index (χ3n) is 1.47. The maximum Gasteiger partial charge on any atom is 0.0388 e. The molecule has 0 bridgehead atoms. The van der Waals surface area contributed by atoms with Crippen LogP contribution in [0.4, 0.5) is 5.69 Å². The zero-order valence-electron chi connectivity index (χ0n) is 6.17. The summed E-state index contributed by atoms with van der Waals surface area (Å²) in [6, 6.07) is 5.43. The fraction of sp³-hybridized carbons (Fsp3) is 0. The summed E-state index contributed by atoms with van der Waals surface area (Å²) < 4.78 is 0. The van der Waals surface area contributed by atoms with Gasteiger partial charge in [-0.2, -0.15) is 0 Å². The maximum absolute atomic E-state index is 5.61. The van der Waals surface area contributed by atoms with Crippen LogP contribution in [0.25, 0.3) is 6.08 Å². The summed E-state index contributed by atoms with van der Waals surface area (Å²) in [5.74, 6) is 2.53. The van der Waals surface area contributed by atoms with Crippen molar-refractivity contribution < 1.29 is 0 Å². The first-order valence-electron chi connectivity index (χ1n) is 3.26. The van der Waals surface area contributed by atoms with Gasteiger partial charge in [-0.05, 0) is 23.8 Å². The molecular weight excluding hydrogens is 134 g/mol. The lowest BCUT2D eigenvalue weighted by Gasteiger charge is -1.99. The SMILES string of the molecule is C#Cc1ccc(N)c(C=C)c1. The molecule has 1 aromatic carbocycles. The quantitative estimate of drug-likeness (QED) is 0.471. The largest absolute Gasteiger partial charge is 0.398 e. The Morgan fingerprint density at radius 3 is 2.82 bits per heavy atom. The molecule has 0 saturated heterocycles. The first-order valence-corrected chi connectivity index (χ1v) is 3.26. The molecule has 0 aliphatic heterocycles. The Morgan fingerprint density at radius 1 is 1.55 bits per heavy atom. The van der Waals surface area contributed by atoms with Gasteiger partial charge in [0, 0.05) is 11.3 Å². The standard InChI is InChI=1S/C10H9N/c1-3-8-5-6-10(11)9(4-2)7-8/h1,4-7H,2,11H2. The van der Waals surface area contributed by atoms with Gasteiger partial charge in [-0.15, -0.1) is 6.42 Å². The Bertz CT molecular complexity index is 318. The number of hydrogen-bond acceptors (Lipinski definition) is 1. The molecule has 1 rings (SSSR count). The molecule has 0 amide bonds. The van der Waals surface area contributed by atoms with E-state index in [-0.39, 0.29) is 0 Å². The summed E-state index contributed by atoms with van der Waals surface area (Å²) in [5, 5.41) is 0. The van der Waals surface area contributed by atoms with E-state index < -0.39 is 0 Å². The summed E-state index contributed by atoms with van der Waals surface area (Å²) in [6.07, 6.45) is 6.89. The molecule has 0 aromatic heterocycles. The molecule has 2 N–H and O–H groups in total. The third kappa shape index (κ3) is 1.42. The third-order valence-corrected chi connectivity index (χ3v) is 1.47. The summed E-state index contributed by atoms with van der Waals surface area (Å²) >= 11 is 0. The number of nitrogen functional groups attached to an aromatic ring is 1. The zero-order chi connectivity index (χ0) is 8.27. The predicted molar refractivity (Wildman–Crippen MR) is 48.9 cm³/mol. The van der Waals surface area contributed by atoms with E-state index in [1.54, 1.807) is 12.1 Å². The Morgan fingerprint density at radius 2 is 2.27 bits per heavy atom. The minimum absolute atomic E-state index is 0.707. The average Bonchev–Trinajstić information content (AvgIpc) is 2.05. The van der Waals surface area contributed by atoms with Gasteiger partial charge >= 0.3 is 0 Å². The summed E-state index contributed by atoms with van der Waals surface area (Å²) in [7, 11) is 0. The van der Waals surface area contributed by atoms with Crippen LogP contribution in [0.1, 0.15) is 11.1 Å². The van der Waals surface area contributed by atoms with Crippen LogP contribution in [0.2, 0.25) is 0 Å². The van der Waals surface area contributed by atoms with Crippen molar-refractivity contribution in [3.63, 3.8) is 0 Å². The first kappa shape index (κ1) is 7.43. The fourth-order valence-electron chi connectivity index (χ4n) is 0.841. The lowest BCUT2D eigenvalue weighted by atomic mass is 10.1. The molecule has 0 radical (unpaired) electrons. The average molecular weight is 143 g/mol. The zero-order valence-corrected chi connectivity index (χ0v) is 6.17. The van der Waals surface area contributed by atoms with Crippen molar-refractivity contribution in [1.29, 1.82) is 0 Å². The molecule has 0 atom stereocenters. The molecule has 54 valence electrons. The molecule has 1 aromatic rings. The van der Waals surface area contributed by atoms with Crippen molar-refractivity contribution in [2.24, 2.45) is 0 Å². The molecule has 1 heteroatoms. The normalized spacial score (nSPS) is 8.64. The number of rotatable bonds is 1. The van der Waals surface area contributed by atoms with Crippen molar-refractivity contribution in [2.45, 2.75) is 0 Å². The van der Waals surface area contributed by atoms with E-state index >= 15 is 0 Å². The van der Waals surface area contributed by atoms with Crippen molar-refractivity contribution in [3.8, 4) is 12.3 Å². The van der Waals surface area contributed by atoms with Crippen LogP contribution in [0, 0.1) is 12.3 Å². The lowest BCUT2D eigenvalue weighted by Crippen LogP contribution is -1.89. The highest BCUT2D eigenvalue weighted by Gasteiger charge is 1.93. The Kier molecular flexibility index (Phi) is 1.98. The Balaban J connectivity index is 3.25. The lowest BCUT2D eigenvalue weighted by molar-refractivity contribution is 1.60. The fourth-order valence-corrected chi connectivity index (χ4v) is 0.841. The van der Waals surface area contributed by atoms with Gasteiger partial charge in [-0.1, -0.05) is 18.6 Å². The second-order valence-electron chi connectivity index (χ2n) is 2.19. The number of benzene rings is 1. The van der Waals surface area contributed by atoms with Crippen LogP contribution in [0.5, 0.6) is 0 Å². The van der Waals surface area contributed by atoms with Crippen LogP contribution < -0.4 is 5.73 Å². The van der Waals surface area contributed by atoms with Crippen molar-refractivity contribution in [2.75, 3.05) is 5.73 Å². The highest BCUT2D eigenvalue weighted by Crippen LogP contribution is 2.14. The van der Waals surface area contributed by atoms with E-state index in [1.165, 1.54) is 0 Å². The van der Waals surface area contributed by atoms with Gasteiger partial charge in [-0.25, -0.2) is 0 Å². The minimum Gasteiger partial charge on any atom is -0.398 e. The summed E-state index contributed by atoms with van der Waals surface area (Å²) in [5.41, 5.74) is 8.04. The van der Waals surface area contributed by atoms with Gasteiger partial charge in [-0.3, -0.25) is 0 Å². The van der Waals surface area contributed by atoms with Gasteiger partial charge in [0.1, 0.15) is 0 Å². The van der Waals surface area contributed by atoms with Gasteiger partial charge in [0.15, 0.2) is 0 Å². The molecule has 0 heterocycles. The second-order valence-corrected chi connectivity index (χ2v) is 2.19. The first-order chi connectivity index (χ1) is 5.27. The van der Waals surface area contributed by atoms with Crippen LogP contribution in [0.15, 0.2) is 24.8 Å². The van der Waals surface area contributed by atoms with E-state index in [0.29, 0.717) is 5.69 Å². The number of anilines is 1. The van der Waals surface area contributed by atoms with Crippen molar-refractivity contribution in [1.82, 2.24) is 0 Å². The second kappa shape index (κ2) is 2.94. The maximum atomic E-state index is 5.61. The molecule has 11 heavy (non-hydrogen) atoms. The molecule has 0 spiro atoms. The van der Waals surface area contributed by atoms with Crippen LogP contribution in [-0.2, 0) is 0 Å². The highest BCUT2D eigenvalue weighted by molar-refractivity contribution is 5.65. The van der Waals surface area contributed by atoms with Gasteiger partial charge in [0.25, 0.3) is 0 Å². The minimum atomic E-state index is 0.707. The molecule has 0 saturated carbocycles. The number of terminal acetylenes is 1.